The van der Waals surface area contributed by atoms with Crippen molar-refractivity contribution >= 4 is 16.4 Å². The summed E-state index contributed by atoms with van der Waals surface area (Å²) in [6, 6.07) is 0. The van der Waals surface area contributed by atoms with Crippen molar-refractivity contribution in [2.75, 3.05) is 0 Å². The van der Waals surface area contributed by atoms with E-state index in [1.165, 1.54) is 0 Å². The Hall–Kier alpha value is -0.606. The van der Waals surface area contributed by atoms with Crippen LogP contribution < -0.4 is 0 Å². The van der Waals surface area contributed by atoms with Crippen molar-refractivity contribution in [2.45, 2.75) is 27.7 Å². The summed E-state index contributed by atoms with van der Waals surface area (Å²) in [6.45, 7) is 4.63. The van der Waals surface area contributed by atoms with Gasteiger partial charge in [0.25, 0.3) is 0 Å². The molecule has 0 atom stereocenters. The normalized spacial score (nSPS) is 10.8. The number of hydrogen-bond donors (Lipinski definition) is 0. The van der Waals surface area contributed by atoms with Crippen LogP contribution in [-0.2, 0) is 35.8 Å². The summed E-state index contributed by atoms with van der Waals surface area (Å²) in [5.74, 6) is 0. The van der Waals surface area contributed by atoms with Gasteiger partial charge >= 0.3 is 79.8 Å². The van der Waals surface area contributed by atoms with Crippen LogP contribution in [0.1, 0.15) is 27.7 Å². The Morgan fingerprint density at radius 1 is 0.615 bits per heavy atom. The van der Waals surface area contributed by atoms with Crippen molar-refractivity contribution in [3.63, 3.8) is 0 Å². The predicted octanol–water partition coefficient (Wildman–Crippen LogP) is 0.326. The fraction of sp³-hybridized carbons (Fsp3) is 0.500. The van der Waals surface area contributed by atoms with Crippen molar-refractivity contribution in [3.8, 4) is 0 Å². The molecule has 0 aromatic rings. The zero-order valence-corrected chi connectivity index (χ0v) is 9.69. The van der Waals surface area contributed by atoms with Gasteiger partial charge in [-0.3, -0.25) is 0 Å². The quantitative estimate of drug-likeness (QED) is 0.640. The fourth-order valence-corrected chi connectivity index (χ4v) is 6.13. The molecule has 0 spiro atoms. The summed E-state index contributed by atoms with van der Waals surface area (Å²) in [5.41, 5.74) is 0. The minimum atomic E-state index is -4.22. The van der Waals surface area contributed by atoms with E-state index in [1.807, 2.05) is 0 Å². The van der Waals surface area contributed by atoms with Gasteiger partial charge in [-0.1, -0.05) is 0 Å². The monoisotopic (exact) mass is 220 g/mol. The van der Waals surface area contributed by atoms with Gasteiger partial charge in [-0.2, -0.15) is 0 Å². The van der Waals surface area contributed by atoms with Gasteiger partial charge in [-0.15, -0.1) is 0 Å². The van der Waals surface area contributed by atoms with Crippen molar-refractivity contribution < 1.29 is 35.8 Å². The Bertz CT molecular complexity index is 231. The Kier molecular flexibility index (Phi) is 3.88. The molecular formula is C8H12O4Ti. The summed E-state index contributed by atoms with van der Waals surface area (Å²) in [4.78, 5) is 44.8. The van der Waals surface area contributed by atoms with E-state index in [2.05, 4.69) is 0 Å². The summed E-state index contributed by atoms with van der Waals surface area (Å²) in [6.07, 6.45) is 0. The molecule has 0 saturated carbocycles. The van der Waals surface area contributed by atoms with Crippen LogP contribution in [0.25, 0.3) is 0 Å². The molecule has 0 aromatic carbocycles. The third-order valence-corrected chi connectivity index (χ3v) is 8.71. The maximum absolute atomic E-state index is 11.2. The molecule has 0 aliphatic heterocycles. The number of carbonyl (C=O) groups excluding carboxylic acids is 4. The second kappa shape index (κ2) is 4.07. The first kappa shape index (κ1) is 12.4. The van der Waals surface area contributed by atoms with Gasteiger partial charge in [0, 0.05) is 0 Å². The Morgan fingerprint density at radius 3 is 0.769 bits per heavy atom. The molecule has 0 radical (unpaired) electrons. The Morgan fingerprint density at radius 2 is 0.769 bits per heavy atom. The minimum absolute atomic E-state index is 0.521. The second-order valence-electron chi connectivity index (χ2n) is 2.97. The molecule has 0 N–H and O–H groups in total. The molecule has 0 aliphatic carbocycles. The standard InChI is InChI=1S/4C2H3O.Ti/c4*1-2-3;/h4*1H3;. The molecule has 0 rings (SSSR count). The van der Waals surface area contributed by atoms with E-state index in [0.717, 1.165) is 27.7 Å². The first-order valence-electron chi connectivity index (χ1n) is 3.82. The first-order chi connectivity index (χ1) is 5.77. The molecule has 0 fully saturated rings. The summed E-state index contributed by atoms with van der Waals surface area (Å²) in [7, 11) is 0. The van der Waals surface area contributed by atoms with E-state index in [-0.39, 0.29) is 0 Å². The maximum atomic E-state index is 11.2. The average molecular weight is 220 g/mol. The molecule has 0 unspecified atom stereocenters. The SMILES string of the molecule is C[C](=O)[Ti]([C](C)=O)([C](C)=O)[C](C)=O. The van der Waals surface area contributed by atoms with Crippen LogP contribution >= 0.6 is 0 Å². The van der Waals surface area contributed by atoms with E-state index in [9.17, 15) is 19.2 Å². The number of carbonyl (C=O) groups is 4. The zero-order valence-electron chi connectivity index (χ0n) is 8.13. The van der Waals surface area contributed by atoms with Crippen LogP contribution in [0.5, 0.6) is 0 Å². The molecule has 0 saturated heterocycles. The Balaban J connectivity index is 5.60. The third-order valence-electron chi connectivity index (χ3n) is 2.11. The Labute approximate surface area is 80.0 Å². The third kappa shape index (κ3) is 1.84. The second-order valence-corrected chi connectivity index (χ2v) is 9.72. The molecule has 0 amide bonds. The van der Waals surface area contributed by atoms with Crippen LogP contribution in [0.2, 0.25) is 0 Å². The van der Waals surface area contributed by atoms with Crippen LogP contribution in [0, 0.1) is 0 Å². The van der Waals surface area contributed by atoms with Gasteiger partial charge in [0.1, 0.15) is 0 Å². The van der Waals surface area contributed by atoms with Crippen molar-refractivity contribution in [2.24, 2.45) is 0 Å². The molecule has 0 heterocycles. The van der Waals surface area contributed by atoms with E-state index in [1.54, 1.807) is 0 Å². The van der Waals surface area contributed by atoms with Crippen LogP contribution in [-0.4, -0.2) is 16.4 Å². The van der Waals surface area contributed by atoms with Gasteiger partial charge in [-0.25, -0.2) is 0 Å². The van der Waals surface area contributed by atoms with Crippen LogP contribution in [0.4, 0.5) is 0 Å². The van der Waals surface area contributed by atoms with Crippen molar-refractivity contribution in [1.29, 1.82) is 0 Å². The topological polar surface area (TPSA) is 68.3 Å². The van der Waals surface area contributed by atoms with Crippen molar-refractivity contribution in [1.82, 2.24) is 0 Å². The summed E-state index contributed by atoms with van der Waals surface area (Å²) in [5, 5.41) is 0. The molecule has 0 aromatic heterocycles. The van der Waals surface area contributed by atoms with Gasteiger partial charge in [-0.05, 0) is 0 Å². The zero-order chi connectivity index (χ0) is 10.8. The molecule has 72 valence electrons. The van der Waals surface area contributed by atoms with Gasteiger partial charge in [0.15, 0.2) is 0 Å². The van der Waals surface area contributed by atoms with E-state index in [0.29, 0.717) is 0 Å². The number of hydrogen-bond acceptors (Lipinski definition) is 4. The van der Waals surface area contributed by atoms with E-state index in [4.69, 9.17) is 0 Å². The summed E-state index contributed by atoms with van der Waals surface area (Å²) >= 11 is -4.22. The van der Waals surface area contributed by atoms with Crippen LogP contribution in [0.15, 0.2) is 0 Å². The molecule has 0 bridgehead atoms. The first-order valence-corrected chi connectivity index (χ1v) is 6.94. The van der Waals surface area contributed by atoms with E-state index < -0.39 is 32.9 Å². The molecule has 13 heavy (non-hydrogen) atoms. The van der Waals surface area contributed by atoms with Gasteiger partial charge in [0.05, 0.1) is 0 Å². The van der Waals surface area contributed by atoms with Gasteiger partial charge in [0.2, 0.25) is 0 Å². The molecule has 0 aliphatic rings. The predicted molar refractivity (Wildman–Crippen MR) is 42.7 cm³/mol. The fourth-order valence-electron chi connectivity index (χ4n) is 1.49. The molecular weight excluding hydrogens is 208 g/mol. The van der Waals surface area contributed by atoms with Crippen molar-refractivity contribution in [3.05, 3.63) is 0 Å². The average Bonchev–Trinajstić information content (AvgIpc) is 1.82. The number of rotatable bonds is 4. The molecule has 4 nitrogen and oxygen atoms in total. The summed E-state index contributed by atoms with van der Waals surface area (Å²) < 4.78 is -2.08. The van der Waals surface area contributed by atoms with Gasteiger partial charge < -0.3 is 0 Å². The van der Waals surface area contributed by atoms with Crippen LogP contribution in [0.3, 0.4) is 0 Å². The molecule has 5 heteroatoms. The van der Waals surface area contributed by atoms with E-state index >= 15 is 0 Å².